The van der Waals surface area contributed by atoms with E-state index < -0.39 is 0 Å². The second-order valence-electron chi connectivity index (χ2n) is 8.31. The predicted octanol–water partition coefficient (Wildman–Crippen LogP) is 2.57. The number of nitrogens with one attached hydrogen (secondary N) is 2. The average molecular weight is 376 g/mol. The lowest BCUT2D eigenvalue weighted by Gasteiger charge is -2.47. The molecule has 0 aromatic heterocycles. The van der Waals surface area contributed by atoms with Gasteiger partial charge >= 0.3 is 0 Å². The van der Waals surface area contributed by atoms with Gasteiger partial charge in [-0.25, -0.2) is 4.39 Å². The van der Waals surface area contributed by atoms with Crippen molar-refractivity contribution in [2.24, 2.45) is 4.99 Å². The summed E-state index contributed by atoms with van der Waals surface area (Å²) in [4.78, 5) is 8.95. The predicted molar refractivity (Wildman–Crippen MR) is 109 cm³/mol. The molecule has 2 N–H and O–H groups in total. The van der Waals surface area contributed by atoms with Crippen molar-refractivity contribution in [3.8, 4) is 0 Å². The molecule has 1 aromatic rings. The summed E-state index contributed by atoms with van der Waals surface area (Å²) in [5, 5.41) is 7.01. The molecule has 2 bridgehead atoms. The lowest BCUT2D eigenvalue weighted by atomic mass is 9.82. The van der Waals surface area contributed by atoms with Gasteiger partial charge in [0.2, 0.25) is 0 Å². The summed E-state index contributed by atoms with van der Waals surface area (Å²) in [5.41, 5.74) is 1.79. The molecule has 2 aliphatic heterocycles. The molecule has 2 saturated heterocycles. The molecular formula is C21H34FN5. The van der Waals surface area contributed by atoms with Crippen LogP contribution in [-0.4, -0.2) is 62.1 Å². The smallest absolute Gasteiger partial charge is 0.191 e. The van der Waals surface area contributed by atoms with Crippen molar-refractivity contribution >= 4 is 5.96 Å². The zero-order valence-electron chi connectivity index (χ0n) is 17.1. The molecule has 0 amide bonds. The SMILES string of the molecule is CN=C(NCc1ccc(F)c(CN(C)C)c1)NC1CC2CCCC(C1)N2C. The van der Waals surface area contributed by atoms with E-state index in [1.165, 1.54) is 32.1 Å². The topological polar surface area (TPSA) is 42.9 Å². The molecule has 2 unspecified atom stereocenters. The number of nitrogens with zero attached hydrogens (tertiary/aromatic N) is 3. The molecule has 0 spiro atoms. The molecule has 0 saturated carbocycles. The standard InChI is InChI=1S/C21H34FN5/c1-23-21(25-17-11-18-6-5-7-19(12-17)27(18)4)24-13-15-8-9-20(22)16(10-15)14-26(2)3/h8-10,17-19H,5-7,11-14H2,1-4H3,(H2,23,24,25). The quantitative estimate of drug-likeness (QED) is 0.613. The minimum Gasteiger partial charge on any atom is -0.354 e. The van der Waals surface area contributed by atoms with Crippen molar-refractivity contribution < 1.29 is 4.39 Å². The fraction of sp³-hybridized carbons (Fsp3) is 0.667. The van der Waals surface area contributed by atoms with Crippen LogP contribution >= 0.6 is 0 Å². The molecule has 6 heteroatoms. The Bertz CT molecular complexity index is 646. The van der Waals surface area contributed by atoms with Crippen LogP contribution in [0.15, 0.2) is 23.2 Å². The largest absolute Gasteiger partial charge is 0.354 e. The number of benzene rings is 1. The van der Waals surface area contributed by atoms with Gasteiger partial charge in [-0.05, 0) is 64.5 Å². The molecule has 0 aliphatic carbocycles. The van der Waals surface area contributed by atoms with E-state index in [0.29, 0.717) is 31.2 Å². The van der Waals surface area contributed by atoms with Crippen LogP contribution in [0.25, 0.3) is 0 Å². The first-order chi connectivity index (χ1) is 13.0. The number of halogens is 1. The second kappa shape index (κ2) is 9.02. The summed E-state index contributed by atoms with van der Waals surface area (Å²) >= 11 is 0. The Balaban J connectivity index is 1.55. The summed E-state index contributed by atoms with van der Waals surface area (Å²) in [5.74, 6) is 0.689. The van der Waals surface area contributed by atoms with Crippen molar-refractivity contribution in [1.82, 2.24) is 20.4 Å². The molecule has 1 aromatic carbocycles. The van der Waals surface area contributed by atoms with E-state index in [2.05, 4.69) is 27.6 Å². The Morgan fingerprint density at radius 2 is 1.96 bits per heavy atom. The minimum atomic E-state index is -0.146. The normalized spacial score (nSPS) is 26.3. The molecule has 0 radical (unpaired) electrons. The third-order valence-corrected chi connectivity index (χ3v) is 5.96. The fourth-order valence-electron chi connectivity index (χ4n) is 4.51. The molecular weight excluding hydrogens is 341 g/mol. The van der Waals surface area contributed by atoms with Gasteiger partial charge in [0, 0.05) is 43.8 Å². The number of hydrogen-bond acceptors (Lipinski definition) is 3. The summed E-state index contributed by atoms with van der Waals surface area (Å²) in [6.07, 6.45) is 6.33. The van der Waals surface area contributed by atoms with Gasteiger partial charge < -0.3 is 20.4 Å². The number of piperidine rings is 2. The lowest BCUT2D eigenvalue weighted by molar-refractivity contribution is 0.0526. The average Bonchev–Trinajstić information content (AvgIpc) is 2.61. The zero-order valence-corrected chi connectivity index (χ0v) is 17.1. The molecule has 5 nitrogen and oxygen atoms in total. The Labute approximate surface area is 163 Å². The van der Waals surface area contributed by atoms with Crippen LogP contribution in [0.4, 0.5) is 4.39 Å². The van der Waals surface area contributed by atoms with Crippen molar-refractivity contribution in [2.45, 2.75) is 63.3 Å². The lowest BCUT2D eigenvalue weighted by Crippen LogP contribution is -2.56. The number of hydrogen-bond donors (Lipinski definition) is 2. The van der Waals surface area contributed by atoms with E-state index in [-0.39, 0.29) is 5.82 Å². The van der Waals surface area contributed by atoms with Gasteiger partial charge in [0.25, 0.3) is 0 Å². The molecule has 2 atom stereocenters. The molecule has 27 heavy (non-hydrogen) atoms. The van der Waals surface area contributed by atoms with Gasteiger partial charge in [-0.15, -0.1) is 0 Å². The molecule has 3 rings (SSSR count). The van der Waals surface area contributed by atoms with E-state index in [1.807, 2.05) is 38.2 Å². The molecule has 2 aliphatic rings. The summed E-state index contributed by atoms with van der Waals surface area (Å²) in [6, 6.07) is 7.20. The number of aliphatic imine (C=N–C) groups is 1. The van der Waals surface area contributed by atoms with Gasteiger partial charge in [0.05, 0.1) is 0 Å². The van der Waals surface area contributed by atoms with Gasteiger partial charge in [-0.3, -0.25) is 4.99 Å². The van der Waals surface area contributed by atoms with Crippen LogP contribution in [0, 0.1) is 5.82 Å². The van der Waals surface area contributed by atoms with E-state index in [9.17, 15) is 4.39 Å². The highest BCUT2D eigenvalue weighted by molar-refractivity contribution is 5.80. The molecule has 2 fully saturated rings. The van der Waals surface area contributed by atoms with Crippen LogP contribution in [0.5, 0.6) is 0 Å². The van der Waals surface area contributed by atoms with Crippen LogP contribution < -0.4 is 10.6 Å². The minimum absolute atomic E-state index is 0.146. The van der Waals surface area contributed by atoms with Crippen LogP contribution in [-0.2, 0) is 13.1 Å². The molecule has 150 valence electrons. The highest BCUT2D eigenvalue weighted by atomic mass is 19.1. The third-order valence-electron chi connectivity index (χ3n) is 5.96. The maximum Gasteiger partial charge on any atom is 0.191 e. The van der Waals surface area contributed by atoms with Crippen molar-refractivity contribution in [1.29, 1.82) is 0 Å². The summed E-state index contributed by atoms with van der Waals surface area (Å²) < 4.78 is 14.0. The maximum atomic E-state index is 14.0. The van der Waals surface area contributed by atoms with Crippen molar-refractivity contribution in [3.63, 3.8) is 0 Å². The number of fused-ring (bicyclic) bond motifs is 2. The van der Waals surface area contributed by atoms with Gasteiger partial charge in [-0.1, -0.05) is 12.5 Å². The van der Waals surface area contributed by atoms with Crippen molar-refractivity contribution in [2.75, 3.05) is 28.2 Å². The maximum absolute atomic E-state index is 14.0. The first-order valence-corrected chi connectivity index (χ1v) is 10.1. The van der Waals surface area contributed by atoms with E-state index in [4.69, 9.17) is 0 Å². The van der Waals surface area contributed by atoms with Gasteiger partial charge in [-0.2, -0.15) is 0 Å². The first-order valence-electron chi connectivity index (χ1n) is 10.1. The summed E-state index contributed by atoms with van der Waals surface area (Å²) in [7, 11) is 7.99. The highest BCUT2D eigenvalue weighted by Gasteiger charge is 2.36. The van der Waals surface area contributed by atoms with Gasteiger partial charge in [0.1, 0.15) is 5.82 Å². The Kier molecular flexibility index (Phi) is 6.71. The highest BCUT2D eigenvalue weighted by Crippen LogP contribution is 2.32. The van der Waals surface area contributed by atoms with E-state index >= 15 is 0 Å². The monoisotopic (exact) mass is 375 g/mol. The van der Waals surface area contributed by atoms with Gasteiger partial charge in [0.15, 0.2) is 5.96 Å². The number of guanidine groups is 1. The Morgan fingerprint density at radius 1 is 1.26 bits per heavy atom. The van der Waals surface area contributed by atoms with Crippen molar-refractivity contribution in [3.05, 3.63) is 35.1 Å². The van der Waals surface area contributed by atoms with Crippen LogP contribution in [0.2, 0.25) is 0 Å². The second-order valence-corrected chi connectivity index (χ2v) is 8.31. The first kappa shape index (κ1) is 20.1. The fourth-order valence-corrected chi connectivity index (χ4v) is 4.51. The Morgan fingerprint density at radius 3 is 2.59 bits per heavy atom. The third kappa shape index (κ3) is 5.20. The Hall–Kier alpha value is -1.66. The zero-order chi connectivity index (χ0) is 19.4. The van der Waals surface area contributed by atoms with Crippen LogP contribution in [0.3, 0.4) is 0 Å². The van der Waals surface area contributed by atoms with E-state index in [0.717, 1.165) is 17.1 Å². The molecule has 2 heterocycles. The van der Waals surface area contributed by atoms with E-state index in [1.54, 1.807) is 6.07 Å². The summed E-state index contributed by atoms with van der Waals surface area (Å²) in [6.45, 7) is 1.24. The number of rotatable bonds is 5. The van der Waals surface area contributed by atoms with Crippen LogP contribution in [0.1, 0.15) is 43.2 Å².